The van der Waals surface area contributed by atoms with Gasteiger partial charge < -0.3 is 14.8 Å². The molecule has 1 amide bonds. The summed E-state index contributed by atoms with van der Waals surface area (Å²) in [5.74, 6) is 1.07. The predicted molar refractivity (Wildman–Crippen MR) is 71.5 cm³/mol. The molecule has 1 N–H and O–H groups in total. The van der Waals surface area contributed by atoms with E-state index in [1.807, 2.05) is 0 Å². The second kappa shape index (κ2) is 4.45. The molecule has 4 unspecified atom stereocenters. The Balaban J connectivity index is 1.89. The van der Waals surface area contributed by atoms with Crippen molar-refractivity contribution in [3.8, 4) is 0 Å². The fraction of sp³-hybridized carbons (Fsp3) is 0.933. The van der Waals surface area contributed by atoms with Crippen molar-refractivity contribution >= 4 is 5.91 Å². The zero-order valence-electron chi connectivity index (χ0n) is 12.2. The van der Waals surface area contributed by atoms with Gasteiger partial charge in [-0.05, 0) is 31.6 Å². The van der Waals surface area contributed by atoms with Gasteiger partial charge in [-0.1, -0.05) is 13.8 Å². The van der Waals surface area contributed by atoms with Crippen LogP contribution >= 0.6 is 0 Å². The molecule has 1 heterocycles. The molecule has 0 aromatic carbocycles. The fourth-order valence-corrected chi connectivity index (χ4v) is 4.97. The zero-order chi connectivity index (χ0) is 13.7. The Labute approximate surface area is 115 Å². The highest BCUT2D eigenvalue weighted by atomic mass is 16.7. The van der Waals surface area contributed by atoms with E-state index in [1.165, 1.54) is 0 Å². The van der Waals surface area contributed by atoms with E-state index in [1.54, 1.807) is 6.92 Å². The van der Waals surface area contributed by atoms with Crippen molar-refractivity contribution in [1.29, 1.82) is 0 Å². The van der Waals surface area contributed by atoms with Crippen LogP contribution < -0.4 is 5.32 Å². The minimum Gasteiger partial charge on any atom is -0.351 e. The fourth-order valence-electron chi connectivity index (χ4n) is 4.97. The number of hydrogen-bond donors (Lipinski definition) is 1. The highest BCUT2D eigenvalue weighted by molar-refractivity contribution is 5.73. The van der Waals surface area contributed by atoms with Crippen molar-refractivity contribution in [1.82, 2.24) is 5.32 Å². The summed E-state index contributed by atoms with van der Waals surface area (Å²) in [6.45, 7) is 7.54. The predicted octanol–water partition coefficient (Wildman–Crippen LogP) is 2.08. The van der Waals surface area contributed by atoms with Crippen LogP contribution in [0.1, 0.15) is 46.5 Å². The summed E-state index contributed by atoms with van der Waals surface area (Å²) < 4.78 is 12.1. The highest BCUT2D eigenvalue weighted by Crippen LogP contribution is 2.55. The van der Waals surface area contributed by atoms with Crippen LogP contribution in [0.5, 0.6) is 0 Å². The lowest BCUT2D eigenvalue weighted by molar-refractivity contribution is -0.264. The maximum atomic E-state index is 11.6. The molecule has 4 heteroatoms. The molecule has 4 atom stereocenters. The Morgan fingerprint density at radius 3 is 2.47 bits per heavy atom. The summed E-state index contributed by atoms with van der Waals surface area (Å²) >= 11 is 0. The maximum Gasteiger partial charge on any atom is 0.217 e. The summed E-state index contributed by atoms with van der Waals surface area (Å²) in [5, 5.41) is 3.24. The van der Waals surface area contributed by atoms with Gasteiger partial charge in [-0.15, -0.1) is 0 Å². The minimum atomic E-state index is -0.378. The first-order chi connectivity index (χ1) is 8.96. The van der Waals surface area contributed by atoms with E-state index >= 15 is 0 Å². The molecule has 0 radical (unpaired) electrons. The van der Waals surface area contributed by atoms with E-state index in [4.69, 9.17) is 9.47 Å². The Kier molecular flexibility index (Phi) is 3.13. The number of hydrogen-bond acceptors (Lipinski definition) is 3. The lowest BCUT2D eigenvalue weighted by Crippen LogP contribution is -2.64. The smallest absolute Gasteiger partial charge is 0.217 e. The normalized spacial score (nSPS) is 44.3. The molecular formula is C15H25NO3. The van der Waals surface area contributed by atoms with Crippen LogP contribution in [0.4, 0.5) is 0 Å². The molecule has 4 nitrogen and oxygen atoms in total. The molecule has 0 aromatic heterocycles. The third-order valence-corrected chi connectivity index (χ3v) is 5.20. The quantitative estimate of drug-likeness (QED) is 0.791. The molecular weight excluding hydrogens is 242 g/mol. The van der Waals surface area contributed by atoms with E-state index in [0.717, 1.165) is 25.7 Å². The molecule has 2 bridgehead atoms. The van der Waals surface area contributed by atoms with Crippen LogP contribution in [0.3, 0.4) is 0 Å². The Hall–Kier alpha value is -0.610. The number of carbonyl (C=O) groups excluding carboxylic acids is 1. The van der Waals surface area contributed by atoms with Gasteiger partial charge in [0.2, 0.25) is 5.91 Å². The van der Waals surface area contributed by atoms with Crippen molar-refractivity contribution in [2.24, 2.45) is 17.8 Å². The van der Waals surface area contributed by atoms with Crippen LogP contribution in [-0.2, 0) is 14.3 Å². The molecule has 108 valence electrons. The third kappa shape index (κ3) is 2.09. The number of fused-ring (bicyclic) bond motifs is 3. The Morgan fingerprint density at radius 1 is 1.16 bits per heavy atom. The molecule has 1 saturated heterocycles. The lowest BCUT2D eigenvalue weighted by atomic mass is 9.58. The van der Waals surface area contributed by atoms with Gasteiger partial charge in [-0.3, -0.25) is 4.79 Å². The number of carbonyl (C=O) groups is 1. The number of nitrogens with one attached hydrogen (secondary N) is 1. The van der Waals surface area contributed by atoms with Gasteiger partial charge in [-0.25, -0.2) is 0 Å². The number of rotatable bonds is 1. The molecule has 1 spiro atoms. The van der Waals surface area contributed by atoms with Gasteiger partial charge >= 0.3 is 0 Å². The van der Waals surface area contributed by atoms with Gasteiger partial charge in [-0.2, -0.15) is 0 Å². The molecule has 3 fully saturated rings. The van der Waals surface area contributed by atoms with Gasteiger partial charge in [0.15, 0.2) is 5.79 Å². The third-order valence-electron chi connectivity index (χ3n) is 5.20. The number of ether oxygens (including phenoxy) is 2. The summed E-state index contributed by atoms with van der Waals surface area (Å²) in [6, 6.07) is 0. The average Bonchev–Trinajstić information content (AvgIpc) is 2.74. The van der Waals surface area contributed by atoms with Gasteiger partial charge in [0, 0.05) is 24.3 Å². The largest absolute Gasteiger partial charge is 0.351 e. The van der Waals surface area contributed by atoms with E-state index in [-0.39, 0.29) is 17.2 Å². The van der Waals surface area contributed by atoms with Crippen molar-refractivity contribution in [3.05, 3.63) is 0 Å². The Bertz CT molecular complexity index is 374. The highest BCUT2D eigenvalue weighted by Gasteiger charge is 2.59. The van der Waals surface area contributed by atoms with Gasteiger partial charge in [0.25, 0.3) is 0 Å². The van der Waals surface area contributed by atoms with Crippen molar-refractivity contribution < 1.29 is 14.3 Å². The van der Waals surface area contributed by atoms with Crippen LogP contribution in [0.15, 0.2) is 0 Å². The lowest BCUT2D eigenvalue weighted by Gasteiger charge is -2.56. The van der Waals surface area contributed by atoms with E-state index in [2.05, 4.69) is 19.2 Å². The molecule has 2 aliphatic carbocycles. The second-order valence-corrected chi connectivity index (χ2v) is 6.93. The van der Waals surface area contributed by atoms with E-state index in [9.17, 15) is 4.79 Å². The average molecular weight is 267 g/mol. The van der Waals surface area contributed by atoms with Crippen molar-refractivity contribution in [2.45, 2.75) is 57.8 Å². The standard InChI is InChI=1S/C15H25NO3/c1-10-6-13-9-14(7-10,16-12(3)17)8-11(2)15(13)18-4-5-19-15/h10-11,13H,4-9H2,1-3H3,(H,16,17). The van der Waals surface area contributed by atoms with Crippen LogP contribution in [0, 0.1) is 17.8 Å². The summed E-state index contributed by atoms with van der Waals surface area (Å²) in [7, 11) is 0. The first-order valence-electron chi connectivity index (χ1n) is 7.52. The molecule has 19 heavy (non-hydrogen) atoms. The van der Waals surface area contributed by atoms with Crippen LogP contribution in [-0.4, -0.2) is 30.4 Å². The molecule has 0 aromatic rings. The van der Waals surface area contributed by atoms with Crippen molar-refractivity contribution in [2.75, 3.05) is 13.2 Å². The summed E-state index contributed by atoms with van der Waals surface area (Å²) in [6.07, 6.45) is 4.20. The van der Waals surface area contributed by atoms with E-state index < -0.39 is 0 Å². The summed E-state index contributed by atoms with van der Waals surface area (Å²) in [5.41, 5.74) is -0.0336. The first kappa shape index (κ1) is 13.4. The van der Waals surface area contributed by atoms with Crippen molar-refractivity contribution in [3.63, 3.8) is 0 Å². The topological polar surface area (TPSA) is 47.6 Å². The molecule has 1 aliphatic heterocycles. The zero-order valence-corrected chi connectivity index (χ0v) is 12.2. The SMILES string of the molecule is CC(=O)NC12CC(C)CC(C1)C1(OCCO1)C(C)C2. The Morgan fingerprint density at radius 2 is 1.84 bits per heavy atom. The molecule has 3 rings (SSSR count). The second-order valence-electron chi connectivity index (χ2n) is 6.93. The summed E-state index contributed by atoms with van der Waals surface area (Å²) in [4.78, 5) is 11.6. The maximum absolute atomic E-state index is 11.6. The minimum absolute atomic E-state index is 0.0336. The van der Waals surface area contributed by atoms with Crippen LogP contribution in [0.2, 0.25) is 0 Å². The van der Waals surface area contributed by atoms with Gasteiger partial charge in [0.05, 0.1) is 13.2 Å². The first-order valence-corrected chi connectivity index (χ1v) is 7.52. The molecule has 2 saturated carbocycles. The molecule has 3 aliphatic rings. The van der Waals surface area contributed by atoms with Gasteiger partial charge in [0.1, 0.15) is 0 Å². The van der Waals surface area contributed by atoms with Crippen LogP contribution in [0.25, 0.3) is 0 Å². The monoisotopic (exact) mass is 267 g/mol. The van der Waals surface area contributed by atoms with E-state index in [0.29, 0.717) is 31.0 Å². The number of amides is 1.